The van der Waals surface area contributed by atoms with E-state index in [0.717, 1.165) is 21.9 Å². The first-order valence-corrected chi connectivity index (χ1v) is 7.92. The largest absolute Gasteiger partial charge is 0.371 e. The normalized spacial score (nSPS) is 20.7. The van der Waals surface area contributed by atoms with Crippen LogP contribution < -0.4 is 0 Å². The van der Waals surface area contributed by atoms with E-state index in [2.05, 4.69) is 20.9 Å². The molecule has 98 valence electrons. The highest BCUT2D eigenvalue weighted by Crippen LogP contribution is 2.30. The minimum atomic E-state index is -3.42. The molecule has 0 fully saturated rings. The molecule has 7 heteroatoms. The van der Waals surface area contributed by atoms with E-state index in [4.69, 9.17) is 4.84 Å². The number of rotatable bonds is 1. The molecule has 1 aliphatic heterocycles. The highest BCUT2D eigenvalue weighted by molar-refractivity contribution is 9.10. The topological polar surface area (TPSA) is 59.0 Å². The van der Waals surface area contributed by atoms with Crippen LogP contribution >= 0.6 is 15.9 Å². The molecule has 0 amide bonds. The molecule has 1 unspecified atom stereocenters. The maximum Gasteiger partial charge on any atom is 0.327 e. The van der Waals surface area contributed by atoms with Crippen LogP contribution in [0.2, 0.25) is 0 Å². The van der Waals surface area contributed by atoms with E-state index in [9.17, 15) is 8.42 Å². The number of aliphatic imine (C=N–C) groups is 1. The maximum atomic E-state index is 11.4. The molecule has 1 atom stereocenters. The highest BCUT2D eigenvalue weighted by atomic mass is 79.9. The van der Waals surface area contributed by atoms with Crippen molar-refractivity contribution in [3.8, 4) is 0 Å². The zero-order valence-electron chi connectivity index (χ0n) is 10.2. The Bertz CT molecular complexity index is 613. The Kier molecular flexibility index (Phi) is 3.48. The van der Waals surface area contributed by atoms with E-state index in [1.165, 1.54) is 5.06 Å². The Morgan fingerprint density at radius 1 is 1.44 bits per heavy atom. The first-order valence-electron chi connectivity index (χ1n) is 5.24. The van der Waals surface area contributed by atoms with Gasteiger partial charge in [0.2, 0.25) is 9.84 Å². The van der Waals surface area contributed by atoms with Crippen molar-refractivity contribution in [2.75, 3.05) is 13.3 Å². The van der Waals surface area contributed by atoms with Crippen molar-refractivity contribution >= 4 is 31.0 Å². The molecule has 1 heterocycles. The predicted octanol–water partition coefficient (Wildman–Crippen LogP) is 2.03. The smallest absolute Gasteiger partial charge is 0.327 e. The molecule has 0 aromatic heterocycles. The number of benzene rings is 1. The van der Waals surface area contributed by atoms with Crippen molar-refractivity contribution in [3.05, 3.63) is 33.8 Å². The quantitative estimate of drug-likeness (QED) is 0.789. The molecule has 0 radical (unpaired) electrons. The number of sulfone groups is 1. The summed E-state index contributed by atoms with van der Waals surface area (Å²) >= 11 is 3.42. The Morgan fingerprint density at radius 2 is 2.11 bits per heavy atom. The molecule has 2 rings (SSSR count). The number of hydrogen-bond donors (Lipinski definition) is 0. The zero-order chi connectivity index (χ0) is 13.5. The van der Waals surface area contributed by atoms with Gasteiger partial charge in [-0.15, -0.1) is 5.06 Å². The summed E-state index contributed by atoms with van der Waals surface area (Å²) in [5.41, 5.74) is 1.95. The van der Waals surface area contributed by atoms with E-state index in [0.29, 0.717) is 0 Å². The lowest BCUT2D eigenvalue weighted by atomic mass is 10.1. The van der Waals surface area contributed by atoms with Gasteiger partial charge in [0.05, 0.1) is 0 Å². The predicted molar refractivity (Wildman–Crippen MR) is 72.7 cm³/mol. The lowest BCUT2D eigenvalue weighted by molar-refractivity contribution is -0.0549. The maximum absolute atomic E-state index is 11.4. The minimum absolute atomic E-state index is 0.240. The van der Waals surface area contributed by atoms with Gasteiger partial charge in [0.25, 0.3) is 0 Å². The van der Waals surface area contributed by atoms with Crippen LogP contribution in [0.15, 0.2) is 27.7 Å². The summed E-state index contributed by atoms with van der Waals surface area (Å²) in [6.07, 6.45) is 0.649. The summed E-state index contributed by atoms with van der Waals surface area (Å²) in [7, 11) is -1.76. The molecule has 1 aromatic rings. The Hall–Kier alpha value is -0.920. The van der Waals surface area contributed by atoms with Gasteiger partial charge in [-0.05, 0) is 24.1 Å². The molecule has 1 aromatic carbocycles. The van der Waals surface area contributed by atoms with Gasteiger partial charge in [-0.2, -0.15) is 0 Å². The van der Waals surface area contributed by atoms with Crippen LogP contribution in [-0.4, -0.2) is 32.0 Å². The number of hydroxylamine groups is 2. The first kappa shape index (κ1) is 13.5. The van der Waals surface area contributed by atoms with Crippen molar-refractivity contribution in [1.82, 2.24) is 5.06 Å². The summed E-state index contributed by atoms with van der Waals surface area (Å²) in [6, 6.07) is 5.74. The van der Waals surface area contributed by atoms with Gasteiger partial charge >= 0.3 is 5.23 Å². The summed E-state index contributed by atoms with van der Waals surface area (Å²) in [5.74, 6) is 0. The van der Waals surface area contributed by atoms with Crippen LogP contribution in [0.5, 0.6) is 0 Å². The van der Waals surface area contributed by atoms with E-state index >= 15 is 0 Å². The summed E-state index contributed by atoms with van der Waals surface area (Å²) in [6.45, 7) is 1.96. The van der Waals surface area contributed by atoms with Crippen LogP contribution in [0.25, 0.3) is 0 Å². The Morgan fingerprint density at radius 3 is 2.61 bits per heavy atom. The summed E-state index contributed by atoms with van der Waals surface area (Å²) in [5, 5.41) is 1.19. The second kappa shape index (κ2) is 4.64. The molecule has 0 N–H and O–H groups in total. The SMILES string of the molecule is Cc1cc(C2N=C(S(C)(=O)=O)ON2C)ccc1Br. The van der Waals surface area contributed by atoms with Gasteiger partial charge in [0.15, 0.2) is 6.17 Å². The second-order valence-electron chi connectivity index (χ2n) is 4.19. The fourth-order valence-electron chi connectivity index (χ4n) is 1.65. The minimum Gasteiger partial charge on any atom is -0.371 e. The highest BCUT2D eigenvalue weighted by Gasteiger charge is 2.32. The standard InChI is InChI=1S/C11H13BrN2O3S/c1-7-6-8(4-5-9(7)12)10-13-11(17-14(10)2)18(3,15)16/h4-6,10H,1-3H3. The molecule has 0 aliphatic carbocycles. The van der Waals surface area contributed by atoms with E-state index < -0.39 is 16.0 Å². The Labute approximate surface area is 114 Å². The molecule has 5 nitrogen and oxygen atoms in total. The number of halogens is 1. The van der Waals surface area contributed by atoms with Gasteiger partial charge in [-0.1, -0.05) is 28.1 Å². The van der Waals surface area contributed by atoms with Gasteiger partial charge < -0.3 is 4.84 Å². The third-order valence-corrected chi connectivity index (χ3v) is 4.30. The van der Waals surface area contributed by atoms with Crippen LogP contribution in [0.1, 0.15) is 17.3 Å². The van der Waals surface area contributed by atoms with Crippen molar-refractivity contribution in [2.45, 2.75) is 13.1 Å². The lowest BCUT2D eigenvalue weighted by Crippen LogP contribution is -2.21. The fraction of sp³-hybridized carbons (Fsp3) is 0.364. The molecule has 0 saturated carbocycles. The zero-order valence-corrected chi connectivity index (χ0v) is 12.6. The number of aryl methyl sites for hydroxylation is 1. The first-order chi connectivity index (χ1) is 8.29. The van der Waals surface area contributed by atoms with Crippen molar-refractivity contribution in [3.63, 3.8) is 0 Å². The molecular weight excluding hydrogens is 320 g/mol. The lowest BCUT2D eigenvalue weighted by Gasteiger charge is -2.16. The van der Waals surface area contributed by atoms with Crippen molar-refractivity contribution in [2.24, 2.45) is 4.99 Å². The molecule has 0 spiro atoms. The summed E-state index contributed by atoms with van der Waals surface area (Å²) < 4.78 is 23.8. The molecule has 1 aliphatic rings. The Balaban J connectivity index is 2.39. The number of hydrogen-bond acceptors (Lipinski definition) is 5. The van der Waals surface area contributed by atoms with Gasteiger partial charge in [-0.25, -0.2) is 13.4 Å². The monoisotopic (exact) mass is 332 g/mol. The van der Waals surface area contributed by atoms with E-state index in [1.54, 1.807) is 7.05 Å². The van der Waals surface area contributed by atoms with Crippen molar-refractivity contribution < 1.29 is 13.3 Å². The third kappa shape index (κ3) is 2.57. The van der Waals surface area contributed by atoms with Crippen molar-refractivity contribution in [1.29, 1.82) is 0 Å². The van der Waals surface area contributed by atoms with Crippen LogP contribution in [0, 0.1) is 6.92 Å². The fourth-order valence-corrected chi connectivity index (χ4v) is 2.45. The molecule has 0 bridgehead atoms. The molecule has 0 saturated heterocycles. The average Bonchev–Trinajstić information content (AvgIpc) is 2.64. The second-order valence-corrected chi connectivity index (χ2v) is 6.93. The van der Waals surface area contributed by atoms with Crippen LogP contribution in [0.3, 0.4) is 0 Å². The average molecular weight is 333 g/mol. The van der Waals surface area contributed by atoms with E-state index in [-0.39, 0.29) is 5.23 Å². The summed E-state index contributed by atoms with van der Waals surface area (Å²) in [4.78, 5) is 9.24. The third-order valence-electron chi connectivity index (χ3n) is 2.59. The molecule has 18 heavy (non-hydrogen) atoms. The van der Waals surface area contributed by atoms with Gasteiger partial charge in [0, 0.05) is 17.8 Å². The van der Waals surface area contributed by atoms with E-state index in [1.807, 2.05) is 25.1 Å². The number of nitrogens with zero attached hydrogens (tertiary/aromatic N) is 2. The molecular formula is C11H13BrN2O3S. The van der Waals surface area contributed by atoms with Crippen LogP contribution in [0.4, 0.5) is 0 Å². The van der Waals surface area contributed by atoms with Crippen LogP contribution in [-0.2, 0) is 14.7 Å². The van der Waals surface area contributed by atoms with Gasteiger partial charge in [0.1, 0.15) is 0 Å². The van der Waals surface area contributed by atoms with Gasteiger partial charge in [-0.3, -0.25) is 0 Å².